The predicted octanol–water partition coefficient (Wildman–Crippen LogP) is 1.64. The fourth-order valence-corrected chi connectivity index (χ4v) is 3.22. The molecule has 0 saturated carbocycles. The van der Waals surface area contributed by atoms with Crippen LogP contribution in [0.1, 0.15) is 34.8 Å². The topological polar surface area (TPSA) is 81.7 Å². The molecule has 4 rings (SSSR count). The predicted molar refractivity (Wildman–Crippen MR) is 90.3 cm³/mol. The highest BCUT2D eigenvalue weighted by Gasteiger charge is 2.27. The molecule has 0 N–H and O–H groups in total. The van der Waals surface area contributed by atoms with E-state index in [1.807, 2.05) is 28.9 Å². The summed E-state index contributed by atoms with van der Waals surface area (Å²) in [5.41, 5.74) is 1.66. The second-order valence-electron chi connectivity index (χ2n) is 6.26. The third-order valence-corrected chi connectivity index (χ3v) is 4.44. The molecule has 1 fully saturated rings. The normalized spacial score (nSPS) is 17.6. The molecule has 0 aromatic carbocycles. The summed E-state index contributed by atoms with van der Waals surface area (Å²) in [7, 11) is 0. The maximum atomic E-state index is 13.1. The molecule has 1 unspecified atom stereocenters. The number of carbonyl (C=O) groups is 1. The Hall–Kier alpha value is -3.03. The lowest BCUT2D eigenvalue weighted by molar-refractivity contribution is 0.0672. The molecule has 1 saturated heterocycles. The van der Waals surface area contributed by atoms with Crippen molar-refractivity contribution in [2.24, 2.45) is 0 Å². The quantitative estimate of drug-likeness (QED) is 0.726. The van der Waals surface area contributed by atoms with E-state index in [1.165, 1.54) is 11.0 Å². The summed E-state index contributed by atoms with van der Waals surface area (Å²) in [6.07, 6.45) is 10.5. The van der Waals surface area contributed by atoms with Crippen LogP contribution in [0.3, 0.4) is 0 Å². The minimum Gasteiger partial charge on any atom is -0.336 e. The maximum absolute atomic E-state index is 13.1. The van der Waals surface area contributed by atoms with E-state index in [9.17, 15) is 4.79 Å². The van der Waals surface area contributed by atoms with Crippen molar-refractivity contribution in [2.75, 3.05) is 13.1 Å². The van der Waals surface area contributed by atoms with Crippen molar-refractivity contribution < 1.29 is 4.79 Å². The van der Waals surface area contributed by atoms with Crippen LogP contribution in [0, 0.1) is 6.92 Å². The fourth-order valence-electron chi connectivity index (χ4n) is 3.22. The van der Waals surface area contributed by atoms with Gasteiger partial charge in [-0.3, -0.25) is 9.48 Å². The number of piperidine rings is 1. The molecular formula is C17H19N7O. The minimum absolute atomic E-state index is 0.0350. The maximum Gasteiger partial charge on any atom is 0.257 e. The number of rotatable bonds is 3. The van der Waals surface area contributed by atoms with Crippen LogP contribution in [0.25, 0.3) is 5.82 Å². The Morgan fingerprint density at radius 2 is 2.24 bits per heavy atom. The smallest absolute Gasteiger partial charge is 0.257 e. The van der Waals surface area contributed by atoms with E-state index in [1.54, 1.807) is 24.7 Å². The molecule has 4 heterocycles. The summed E-state index contributed by atoms with van der Waals surface area (Å²) >= 11 is 0. The molecule has 25 heavy (non-hydrogen) atoms. The van der Waals surface area contributed by atoms with Gasteiger partial charge in [0.05, 0.1) is 17.8 Å². The molecular weight excluding hydrogens is 318 g/mol. The molecule has 1 aliphatic heterocycles. The molecule has 8 nitrogen and oxygen atoms in total. The number of nitrogens with zero attached hydrogens (tertiary/aromatic N) is 7. The van der Waals surface area contributed by atoms with E-state index in [0.717, 1.165) is 24.9 Å². The van der Waals surface area contributed by atoms with Crippen LogP contribution in [-0.2, 0) is 0 Å². The Labute approximate surface area is 145 Å². The van der Waals surface area contributed by atoms with Gasteiger partial charge in [0.1, 0.15) is 12.7 Å². The first-order valence-electron chi connectivity index (χ1n) is 8.32. The van der Waals surface area contributed by atoms with E-state index in [2.05, 4.69) is 20.2 Å². The summed E-state index contributed by atoms with van der Waals surface area (Å²) in [6, 6.07) is 3.76. The van der Waals surface area contributed by atoms with E-state index in [4.69, 9.17) is 0 Å². The molecule has 1 atom stereocenters. The Morgan fingerprint density at radius 1 is 1.32 bits per heavy atom. The van der Waals surface area contributed by atoms with E-state index < -0.39 is 0 Å². The molecule has 0 spiro atoms. The molecule has 0 bridgehead atoms. The summed E-state index contributed by atoms with van der Waals surface area (Å²) in [6.45, 7) is 3.40. The van der Waals surface area contributed by atoms with Crippen molar-refractivity contribution in [1.29, 1.82) is 0 Å². The highest BCUT2D eigenvalue weighted by Crippen LogP contribution is 2.23. The van der Waals surface area contributed by atoms with Gasteiger partial charge in [-0.25, -0.2) is 14.6 Å². The van der Waals surface area contributed by atoms with Crippen LogP contribution in [0.2, 0.25) is 0 Å². The van der Waals surface area contributed by atoms with Crippen LogP contribution < -0.4 is 0 Å². The fraction of sp³-hybridized carbons (Fsp3) is 0.353. The molecule has 0 aliphatic carbocycles. The SMILES string of the molecule is Cc1cnn(C2CCCN(C(=O)c3cccnc3-n3cncn3)C2)c1. The Bertz CT molecular complexity index is 871. The van der Waals surface area contributed by atoms with Gasteiger partial charge in [0.25, 0.3) is 5.91 Å². The zero-order valence-electron chi connectivity index (χ0n) is 14.0. The first-order valence-corrected chi connectivity index (χ1v) is 8.32. The first-order chi connectivity index (χ1) is 12.2. The number of carbonyl (C=O) groups excluding carboxylic acids is 1. The second kappa shape index (κ2) is 6.46. The van der Waals surface area contributed by atoms with Gasteiger partial charge < -0.3 is 4.90 Å². The van der Waals surface area contributed by atoms with Gasteiger partial charge >= 0.3 is 0 Å². The van der Waals surface area contributed by atoms with Crippen LogP contribution in [0.15, 0.2) is 43.4 Å². The standard InChI is InChI=1S/C17H19N7O/c1-13-8-20-23(9-13)14-4-3-7-22(10-14)17(25)15-5-2-6-19-16(15)24-12-18-11-21-24/h2,5-6,8-9,11-12,14H,3-4,7,10H2,1H3. The average Bonchev–Trinajstić information content (AvgIpc) is 3.33. The van der Waals surface area contributed by atoms with Crippen molar-refractivity contribution in [1.82, 2.24) is 34.4 Å². The number of aryl methyl sites for hydroxylation is 1. The van der Waals surface area contributed by atoms with Gasteiger partial charge in [0.2, 0.25) is 0 Å². The summed E-state index contributed by atoms with van der Waals surface area (Å²) < 4.78 is 3.49. The summed E-state index contributed by atoms with van der Waals surface area (Å²) in [4.78, 5) is 23.2. The largest absolute Gasteiger partial charge is 0.336 e. The van der Waals surface area contributed by atoms with Crippen LogP contribution >= 0.6 is 0 Å². The zero-order chi connectivity index (χ0) is 17.2. The van der Waals surface area contributed by atoms with E-state index in [-0.39, 0.29) is 11.9 Å². The monoisotopic (exact) mass is 337 g/mol. The van der Waals surface area contributed by atoms with Crippen molar-refractivity contribution in [3.05, 3.63) is 54.5 Å². The van der Waals surface area contributed by atoms with Gasteiger partial charge in [-0.05, 0) is 37.5 Å². The summed E-state index contributed by atoms with van der Waals surface area (Å²) in [5.74, 6) is 0.467. The van der Waals surface area contributed by atoms with Crippen molar-refractivity contribution in [3.8, 4) is 5.82 Å². The van der Waals surface area contributed by atoms with Crippen molar-refractivity contribution >= 4 is 5.91 Å². The van der Waals surface area contributed by atoms with Crippen LogP contribution in [0.5, 0.6) is 0 Å². The molecule has 3 aromatic heterocycles. The number of amides is 1. The lowest BCUT2D eigenvalue weighted by Crippen LogP contribution is -2.41. The van der Waals surface area contributed by atoms with Gasteiger partial charge in [-0.15, -0.1) is 0 Å². The zero-order valence-corrected chi connectivity index (χ0v) is 14.0. The number of hydrogen-bond acceptors (Lipinski definition) is 5. The van der Waals surface area contributed by atoms with Gasteiger partial charge in [-0.2, -0.15) is 10.2 Å². The third kappa shape index (κ3) is 3.02. The van der Waals surface area contributed by atoms with Crippen LogP contribution in [0.4, 0.5) is 0 Å². The van der Waals surface area contributed by atoms with Crippen molar-refractivity contribution in [2.45, 2.75) is 25.8 Å². The number of pyridine rings is 1. The number of hydrogen-bond donors (Lipinski definition) is 0. The minimum atomic E-state index is -0.0350. The molecule has 8 heteroatoms. The Kier molecular flexibility index (Phi) is 4.01. The van der Waals surface area contributed by atoms with Crippen molar-refractivity contribution in [3.63, 3.8) is 0 Å². The number of likely N-dealkylation sites (tertiary alicyclic amines) is 1. The molecule has 3 aromatic rings. The molecule has 1 aliphatic rings. The average molecular weight is 337 g/mol. The molecule has 0 radical (unpaired) electrons. The lowest BCUT2D eigenvalue weighted by Gasteiger charge is -2.33. The van der Waals surface area contributed by atoms with Gasteiger partial charge in [0.15, 0.2) is 5.82 Å². The summed E-state index contributed by atoms with van der Waals surface area (Å²) in [5, 5.41) is 8.51. The highest BCUT2D eigenvalue weighted by molar-refractivity contribution is 5.97. The van der Waals surface area contributed by atoms with E-state index in [0.29, 0.717) is 17.9 Å². The Balaban J connectivity index is 1.59. The first kappa shape index (κ1) is 15.5. The van der Waals surface area contributed by atoms with Crippen LogP contribution in [-0.4, -0.2) is 53.4 Å². The Morgan fingerprint density at radius 3 is 3.00 bits per heavy atom. The van der Waals surface area contributed by atoms with E-state index >= 15 is 0 Å². The molecule has 1 amide bonds. The second-order valence-corrected chi connectivity index (χ2v) is 6.26. The highest BCUT2D eigenvalue weighted by atomic mass is 16.2. The van der Waals surface area contributed by atoms with Gasteiger partial charge in [-0.1, -0.05) is 0 Å². The number of aromatic nitrogens is 6. The lowest BCUT2D eigenvalue weighted by atomic mass is 10.0. The molecule has 128 valence electrons. The van der Waals surface area contributed by atoms with Gasteiger partial charge in [0, 0.05) is 25.5 Å². The third-order valence-electron chi connectivity index (χ3n) is 4.44.